The molecule has 0 radical (unpaired) electrons. The number of nitrogens with one attached hydrogen (secondary N) is 1. The van der Waals surface area contributed by atoms with Crippen LogP contribution in [0.1, 0.15) is 29.5 Å². The highest BCUT2D eigenvalue weighted by Crippen LogP contribution is 2.33. The number of carbonyl (C=O) groups excluding carboxylic acids is 1. The normalized spacial score (nSPS) is 13.2. The molecule has 1 amide bonds. The SMILES string of the molecule is Cc1cc(OC2CCN(C(=O)OCc3ccccc3)CC2)ccc1Nc1nccc(-c2c(-c3cccc(C#N)c3)nc3ccccn23)n1. The summed E-state index contributed by atoms with van der Waals surface area (Å²) in [5.74, 6) is 1.21. The molecule has 48 heavy (non-hydrogen) atoms. The number of hydrogen-bond donors (Lipinski definition) is 1. The number of imidazole rings is 1. The number of anilines is 2. The van der Waals surface area contributed by atoms with Crippen LogP contribution < -0.4 is 10.1 Å². The van der Waals surface area contributed by atoms with Crippen LogP contribution in [0.25, 0.3) is 28.3 Å². The number of likely N-dealkylation sites (tertiary alicyclic amines) is 1. The largest absolute Gasteiger partial charge is 0.490 e. The molecule has 0 aliphatic carbocycles. The zero-order valence-electron chi connectivity index (χ0n) is 26.4. The fourth-order valence-electron chi connectivity index (χ4n) is 5.86. The molecule has 0 saturated carbocycles. The fraction of sp³-hybridized carbons (Fsp3) is 0.184. The van der Waals surface area contributed by atoms with Gasteiger partial charge in [0.05, 0.1) is 28.7 Å². The second-order valence-corrected chi connectivity index (χ2v) is 11.6. The molecule has 3 aromatic carbocycles. The second kappa shape index (κ2) is 13.6. The summed E-state index contributed by atoms with van der Waals surface area (Å²) in [6.07, 6.45) is 4.85. The molecule has 1 fully saturated rings. The molecule has 1 saturated heterocycles. The molecule has 1 aliphatic rings. The lowest BCUT2D eigenvalue weighted by Gasteiger charge is -2.31. The van der Waals surface area contributed by atoms with Crippen LogP contribution in [-0.4, -0.2) is 49.5 Å². The summed E-state index contributed by atoms with van der Waals surface area (Å²) in [5.41, 5.74) is 7.21. The first-order chi connectivity index (χ1) is 23.5. The smallest absolute Gasteiger partial charge is 0.410 e. The molecule has 10 nitrogen and oxygen atoms in total. The third kappa shape index (κ3) is 6.66. The highest BCUT2D eigenvalue weighted by atomic mass is 16.6. The van der Waals surface area contributed by atoms with Gasteiger partial charge in [-0.2, -0.15) is 5.26 Å². The fourth-order valence-corrected chi connectivity index (χ4v) is 5.86. The van der Waals surface area contributed by atoms with Crippen LogP contribution in [0, 0.1) is 18.3 Å². The van der Waals surface area contributed by atoms with Gasteiger partial charge in [-0.1, -0.05) is 48.5 Å². The van der Waals surface area contributed by atoms with E-state index in [1.807, 2.05) is 109 Å². The maximum absolute atomic E-state index is 12.6. The predicted octanol–water partition coefficient (Wildman–Crippen LogP) is 7.56. The van der Waals surface area contributed by atoms with E-state index >= 15 is 0 Å². The summed E-state index contributed by atoms with van der Waals surface area (Å²) in [5, 5.41) is 12.8. The average molecular weight is 636 g/mol. The van der Waals surface area contributed by atoms with Crippen molar-refractivity contribution in [3.63, 3.8) is 0 Å². The number of nitriles is 1. The molecule has 238 valence electrons. The molecule has 0 bridgehead atoms. The molecule has 7 rings (SSSR count). The Morgan fingerprint density at radius 2 is 1.79 bits per heavy atom. The number of rotatable bonds is 8. The van der Waals surface area contributed by atoms with E-state index in [0.717, 1.165) is 58.0 Å². The molecular formula is C38H33N7O3. The summed E-state index contributed by atoms with van der Waals surface area (Å²) < 4.78 is 13.8. The van der Waals surface area contributed by atoms with Gasteiger partial charge in [-0.25, -0.2) is 19.7 Å². The molecule has 0 atom stereocenters. The number of amides is 1. The molecule has 6 aromatic rings. The molecule has 10 heteroatoms. The number of aromatic nitrogens is 4. The summed E-state index contributed by atoms with van der Waals surface area (Å²) in [7, 11) is 0. The lowest BCUT2D eigenvalue weighted by Crippen LogP contribution is -2.42. The maximum atomic E-state index is 12.6. The van der Waals surface area contributed by atoms with Gasteiger partial charge in [0.25, 0.3) is 0 Å². The Morgan fingerprint density at radius 3 is 2.60 bits per heavy atom. The molecule has 1 aliphatic heterocycles. The Hall–Kier alpha value is -6.21. The van der Waals surface area contributed by atoms with Gasteiger partial charge in [-0.05, 0) is 66.6 Å². The Morgan fingerprint density at radius 1 is 0.958 bits per heavy atom. The molecule has 1 N–H and O–H groups in total. The van der Waals surface area contributed by atoms with Crippen molar-refractivity contribution < 1.29 is 14.3 Å². The van der Waals surface area contributed by atoms with Crippen LogP contribution in [-0.2, 0) is 11.3 Å². The third-order valence-electron chi connectivity index (χ3n) is 8.35. The van der Waals surface area contributed by atoms with Crippen molar-refractivity contribution in [3.8, 4) is 34.5 Å². The quantitative estimate of drug-likeness (QED) is 0.182. The van der Waals surface area contributed by atoms with Crippen molar-refractivity contribution in [2.45, 2.75) is 32.5 Å². The Bertz CT molecular complexity index is 2110. The van der Waals surface area contributed by atoms with Crippen LogP contribution >= 0.6 is 0 Å². The first-order valence-electron chi connectivity index (χ1n) is 15.8. The Kier molecular flexibility index (Phi) is 8.66. The van der Waals surface area contributed by atoms with Crippen LogP contribution in [0.15, 0.2) is 109 Å². The van der Waals surface area contributed by atoms with E-state index in [1.165, 1.54) is 0 Å². The highest BCUT2D eigenvalue weighted by Gasteiger charge is 2.25. The monoisotopic (exact) mass is 635 g/mol. The molecule has 3 aromatic heterocycles. The number of piperidine rings is 1. The average Bonchev–Trinajstić information content (AvgIpc) is 3.53. The summed E-state index contributed by atoms with van der Waals surface area (Å²) in [4.78, 5) is 28.6. The van der Waals surface area contributed by atoms with Crippen molar-refractivity contribution in [3.05, 3.63) is 126 Å². The van der Waals surface area contributed by atoms with Gasteiger partial charge in [0.15, 0.2) is 0 Å². The van der Waals surface area contributed by atoms with E-state index in [1.54, 1.807) is 17.2 Å². The van der Waals surface area contributed by atoms with Gasteiger partial charge >= 0.3 is 6.09 Å². The minimum atomic E-state index is -0.291. The number of benzene rings is 3. The zero-order valence-corrected chi connectivity index (χ0v) is 26.4. The van der Waals surface area contributed by atoms with E-state index in [0.29, 0.717) is 30.3 Å². The topological polar surface area (TPSA) is 118 Å². The minimum absolute atomic E-state index is 0.00919. The first kappa shape index (κ1) is 30.4. The Balaban J connectivity index is 1.02. The van der Waals surface area contributed by atoms with Crippen molar-refractivity contribution in [1.82, 2.24) is 24.3 Å². The standard InChI is InChI=1S/C38H33N7O3/c1-26-22-31(48-30-16-20-44(21-17-30)38(46)47-25-27-8-3-2-4-9-27)13-14-32(26)41-37-40-18-15-33(42-37)36-35(29-11-7-10-28(23-29)24-39)43-34-12-5-6-19-45(34)36/h2-15,18-19,22-23,30H,16-17,20-21,25H2,1H3,(H,40,41,42). The number of fused-ring (bicyclic) bond motifs is 1. The van der Waals surface area contributed by atoms with Crippen LogP contribution in [0.3, 0.4) is 0 Å². The van der Waals surface area contributed by atoms with Crippen molar-refractivity contribution in [1.29, 1.82) is 5.26 Å². The minimum Gasteiger partial charge on any atom is -0.490 e. The molecule has 0 unspecified atom stereocenters. The first-order valence-corrected chi connectivity index (χ1v) is 15.8. The third-order valence-corrected chi connectivity index (χ3v) is 8.35. The van der Waals surface area contributed by atoms with Crippen LogP contribution in [0.2, 0.25) is 0 Å². The summed E-state index contributed by atoms with van der Waals surface area (Å²) >= 11 is 0. The van der Waals surface area contributed by atoms with Crippen molar-refractivity contribution in [2.24, 2.45) is 0 Å². The van der Waals surface area contributed by atoms with E-state index in [2.05, 4.69) is 16.4 Å². The molecular weight excluding hydrogens is 602 g/mol. The van der Waals surface area contributed by atoms with E-state index in [9.17, 15) is 10.1 Å². The molecule has 4 heterocycles. The van der Waals surface area contributed by atoms with Gasteiger partial charge in [0.2, 0.25) is 5.95 Å². The van der Waals surface area contributed by atoms with Crippen molar-refractivity contribution >= 4 is 23.4 Å². The number of aryl methyl sites for hydroxylation is 1. The van der Waals surface area contributed by atoms with Crippen LogP contribution in [0.5, 0.6) is 5.75 Å². The summed E-state index contributed by atoms with van der Waals surface area (Å²) in [6, 6.07) is 32.9. The number of carbonyl (C=O) groups is 1. The number of ether oxygens (including phenoxy) is 2. The van der Waals surface area contributed by atoms with Gasteiger partial charge in [0.1, 0.15) is 24.1 Å². The predicted molar refractivity (Wildman–Crippen MR) is 183 cm³/mol. The van der Waals surface area contributed by atoms with Crippen LogP contribution in [0.4, 0.5) is 16.4 Å². The Labute approximate surface area is 278 Å². The maximum Gasteiger partial charge on any atom is 0.410 e. The van der Waals surface area contributed by atoms with Gasteiger partial charge in [0, 0.05) is 49.6 Å². The lowest BCUT2D eigenvalue weighted by atomic mass is 10.1. The number of hydrogen-bond acceptors (Lipinski definition) is 8. The van der Waals surface area contributed by atoms with E-state index < -0.39 is 0 Å². The lowest BCUT2D eigenvalue weighted by molar-refractivity contribution is 0.0638. The number of pyridine rings is 1. The summed E-state index contributed by atoms with van der Waals surface area (Å²) in [6.45, 7) is 3.45. The molecule has 0 spiro atoms. The van der Waals surface area contributed by atoms with Gasteiger partial charge < -0.3 is 19.7 Å². The highest BCUT2D eigenvalue weighted by molar-refractivity contribution is 5.81. The number of nitrogens with zero attached hydrogens (tertiary/aromatic N) is 6. The van der Waals surface area contributed by atoms with E-state index in [4.69, 9.17) is 19.4 Å². The van der Waals surface area contributed by atoms with Gasteiger partial charge in [-0.15, -0.1) is 0 Å². The van der Waals surface area contributed by atoms with E-state index in [-0.39, 0.29) is 18.8 Å². The second-order valence-electron chi connectivity index (χ2n) is 11.6. The van der Waals surface area contributed by atoms with Gasteiger partial charge in [-0.3, -0.25) is 4.40 Å². The van der Waals surface area contributed by atoms with Crippen molar-refractivity contribution in [2.75, 3.05) is 18.4 Å². The zero-order chi connectivity index (χ0) is 32.9.